The van der Waals surface area contributed by atoms with Crippen LogP contribution in [0.5, 0.6) is 0 Å². The fourth-order valence-electron chi connectivity index (χ4n) is 1.58. The molecular weight excluding hydrogens is 208 g/mol. The SMILES string of the molecule is CC(C)(C)OC(=O)NCC1CC(N=[N+]=[N-])C1. The Kier molecular flexibility index (Phi) is 4.01. The summed E-state index contributed by atoms with van der Waals surface area (Å²) in [6.45, 7) is 6.07. The molecule has 90 valence electrons. The van der Waals surface area contributed by atoms with E-state index < -0.39 is 5.60 Å². The number of nitrogens with one attached hydrogen (secondary N) is 1. The molecule has 1 saturated carbocycles. The topological polar surface area (TPSA) is 87.1 Å². The van der Waals surface area contributed by atoms with Gasteiger partial charge in [-0.05, 0) is 45.1 Å². The van der Waals surface area contributed by atoms with Gasteiger partial charge >= 0.3 is 6.09 Å². The summed E-state index contributed by atoms with van der Waals surface area (Å²) >= 11 is 0. The Balaban J connectivity index is 2.13. The van der Waals surface area contributed by atoms with Crippen molar-refractivity contribution in [2.75, 3.05) is 6.54 Å². The molecule has 0 aromatic carbocycles. The zero-order chi connectivity index (χ0) is 12.2. The zero-order valence-electron chi connectivity index (χ0n) is 9.93. The minimum atomic E-state index is -0.461. The van der Waals surface area contributed by atoms with Gasteiger partial charge in [-0.1, -0.05) is 5.11 Å². The molecule has 1 amide bonds. The zero-order valence-corrected chi connectivity index (χ0v) is 9.93. The predicted molar refractivity (Wildman–Crippen MR) is 59.9 cm³/mol. The normalized spacial score (nSPS) is 23.9. The number of ether oxygens (including phenoxy) is 1. The molecule has 0 aliphatic heterocycles. The first-order valence-electron chi connectivity index (χ1n) is 5.42. The molecule has 0 atom stereocenters. The van der Waals surface area contributed by atoms with Gasteiger partial charge < -0.3 is 10.1 Å². The van der Waals surface area contributed by atoms with Crippen molar-refractivity contribution in [3.63, 3.8) is 0 Å². The first-order valence-corrected chi connectivity index (χ1v) is 5.42. The molecule has 0 bridgehead atoms. The van der Waals surface area contributed by atoms with Gasteiger partial charge in [-0.2, -0.15) is 0 Å². The van der Waals surface area contributed by atoms with E-state index in [1.54, 1.807) is 0 Å². The maximum absolute atomic E-state index is 11.3. The van der Waals surface area contributed by atoms with Crippen LogP contribution in [0.1, 0.15) is 33.6 Å². The van der Waals surface area contributed by atoms with E-state index in [0.29, 0.717) is 12.5 Å². The van der Waals surface area contributed by atoms with Crippen molar-refractivity contribution in [3.8, 4) is 0 Å². The Morgan fingerprint density at radius 2 is 2.19 bits per heavy atom. The number of rotatable bonds is 3. The monoisotopic (exact) mass is 226 g/mol. The van der Waals surface area contributed by atoms with E-state index in [2.05, 4.69) is 15.3 Å². The van der Waals surface area contributed by atoms with Gasteiger partial charge in [0.05, 0.1) is 0 Å². The van der Waals surface area contributed by atoms with Gasteiger partial charge in [0.15, 0.2) is 0 Å². The third-order valence-electron chi connectivity index (χ3n) is 2.36. The fraction of sp³-hybridized carbons (Fsp3) is 0.900. The Hall–Kier alpha value is -1.42. The van der Waals surface area contributed by atoms with E-state index in [-0.39, 0.29) is 12.1 Å². The minimum Gasteiger partial charge on any atom is -0.444 e. The summed E-state index contributed by atoms with van der Waals surface area (Å²) in [5.74, 6) is 0.406. The summed E-state index contributed by atoms with van der Waals surface area (Å²) in [6, 6.07) is 0.107. The maximum atomic E-state index is 11.3. The van der Waals surface area contributed by atoms with Gasteiger partial charge in [0.2, 0.25) is 0 Å². The minimum absolute atomic E-state index is 0.107. The van der Waals surface area contributed by atoms with Crippen molar-refractivity contribution in [1.82, 2.24) is 5.32 Å². The Morgan fingerprint density at radius 3 is 2.69 bits per heavy atom. The molecule has 1 N–H and O–H groups in total. The van der Waals surface area contributed by atoms with E-state index >= 15 is 0 Å². The van der Waals surface area contributed by atoms with Crippen molar-refractivity contribution in [2.24, 2.45) is 11.0 Å². The largest absolute Gasteiger partial charge is 0.444 e. The molecule has 1 fully saturated rings. The van der Waals surface area contributed by atoms with Gasteiger partial charge in [0.1, 0.15) is 5.60 Å². The highest BCUT2D eigenvalue weighted by Crippen LogP contribution is 2.29. The number of carbonyl (C=O) groups excluding carboxylic acids is 1. The number of azide groups is 1. The Bertz CT molecular complexity index is 298. The Labute approximate surface area is 95.0 Å². The highest BCUT2D eigenvalue weighted by atomic mass is 16.6. The number of hydrogen-bond donors (Lipinski definition) is 1. The van der Waals surface area contributed by atoms with Crippen LogP contribution in [0.25, 0.3) is 10.4 Å². The predicted octanol–water partition coefficient (Wildman–Crippen LogP) is 2.60. The van der Waals surface area contributed by atoms with E-state index in [9.17, 15) is 4.79 Å². The van der Waals surface area contributed by atoms with Crippen LogP contribution >= 0.6 is 0 Å². The van der Waals surface area contributed by atoms with Crippen LogP contribution in [0.4, 0.5) is 4.79 Å². The highest BCUT2D eigenvalue weighted by molar-refractivity contribution is 5.67. The molecule has 6 nitrogen and oxygen atoms in total. The van der Waals surface area contributed by atoms with Crippen LogP contribution in [-0.4, -0.2) is 24.3 Å². The molecule has 0 aromatic heterocycles. The Morgan fingerprint density at radius 1 is 1.56 bits per heavy atom. The summed E-state index contributed by atoms with van der Waals surface area (Å²) in [6.07, 6.45) is 1.31. The fourth-order valence-corrected chi connectivity index (χ4v) is 1.58. The van der Waals surface area contributed by atoms with Gasteiger partial charge in [0.25, 0.3) is 0 Å². The van der Waals surface area contributed by atoms with Crippen molar-refractivity contribution < 1.29 is 9.53 Å². The van der Waals surface area contributed by atoms with Crippen LogP contribution in [0.3, 0.4) is 0 Å². The second-order valence-corrected chi connectivity index (χ2v) is 5.08. The molecular formula is C10H18N4O2. The average molecular weight is 226 g/mol. The van der Waals surface area contributed by atoms with Gasteiger partial charge in [-0.15, -0.1) is 0 Å². The van der Waals surface area contributed by atoms with Gasteiger partial charge in [-0.3, -0.25) is 0 Å². The quantitative estimate of drug-likeness (QED) is 0.455. The van der Waals surface area contributed by atoms with Crippen molar-refractivity contribution in [1.29, 1.82) is 0 Å². The van der Waals surface area contributed by atoms with Crippen molar-refractivity contribution in [3.05, 3.63) is 10.4 Å². The lowest BCUT2D eigenvalue weighted by Gasteiger charge is -2.32. The average Bonchev–Trinajstić information content (AvgIpc) is 2.05. The van der Waals surface area contributed by atoms with Crippen LogP contribution in [0, 0.1) is 5.92 Å². The molecule has 6 heteroatoms. The summed E-state index contributed by atoms with van der Waals surface area (Å²) in [5.41, 5.74) is 7.74. The molecule has 1 rings (SSSR count). The number of hydrogen-bond acceptors (Lipinski definition) is 3. The molecule has 1 aliphatic carbocycles. The molecule has 0 heterocycles. The third-order valence-corrected chi connectivity index (χ3v) is 2.36. The maximum Gasteiger partial charge on any atom is 0.407 e. The van der Waals surface area contributed by atoms with E-state index in [0.717, 1.165) is 12.8 Å². The molecule has 16 heavy (non-hydrogen) atoms. The molecule has 0 radical (unpaired) electrons. The van der Waals surface area contributed by atoms with Crippen molar-refractivity contribution in [2.45, 2.75) is 45.3 Å². The summed E-state index contributed by atoms with van der Waals surface area (Å²) in [5, 5.41) is 6.31. The lowest BCUT2D eigenvalue weighted by molar-refractivity contribution is 0.0507. The van der Waals surface area contributed by atoms with E-state index in [1.807, 2.05) is 20.8 Å². The van der Waals surface area contributed by atoms with Crippen LogP contribution in [0.2, 0.25) is 0 Å². The summed E-state index contributed by atoms with van der Waals surface area (Å²) in [7, 11) is 0. The number of nitrogens with zero attached hydrogens (tertiary/aromatic N) is 3. The van der Waals surface area contributed by atoms with Crippen molar-refractivity contribution >= 4 is 6.09 Å². The number of amides is 1. The standard InChI is InChI=1S/C10H18N4O2/c1-10(2,3)16-9(15)12-6-7-4-8(5-7)13-14-11/h7-8H,4-6H2,1-3H3,(H,12,15). The highest BCUT2D eigenvalue weighted by Gasteiger charge is 2.28. The lowest BCUT2D eigenvalue weighted by atomic mass is 9.81. The molecule has 0 saturated heterocycles. The second kappa shape index (κ2) is 5.07. The molecule has 0 spiro atoms. The smallest absolute Gasteiger partial charge is 0.407 e. The number of carbonyl (C=O) groups is 1. The first kappa shape index (κ1) is 12.6. The third kappa shape index (κ3) is 4.40. The summed E-state index contributed by atoms with van der Waals surface area (Å²) < 4.78 is 5.10. The van der Waals surface area contributed by atoms with E-state index in [4.69, 9.17) is 10.3 Å². The van der Waals surface area contributed by atoms with E-state index in [1.165, 1.54) is 0 Å². The first-order chi connectivity index (χ1) is 7.40. The van der Waals surface area contributed by atoms with Crippen LogP contribution in [0.15, 0.2) is 5.11 Å². The molecule has 0 unspecified atom stereocenters. The molecule has 1 aliphatic rings. The summed E-state index contributed by atoms with van der Waals surface area (Å²) in [4.78, 5) is 14.0. The molecule has 0 aromatic rings. The second-order valence-electron chi connectivity index (χ2n) is 5.08. The van der Waals surface area contributed by atoms with Gasteiger partial charge in [0, 0.05) is 17.5 Å². The lowest BCUT2D eigenvalue weighted by Crippen LogP contribution is -2.40. The van der Waals surface area contributed by atoms with Gasteiger partial charge in [-0.25, -0.2) is 4.79 Å². The van der Waals surface area contributed by atoms with Crippen LogP contribution in [-0.2, 0) is 4.74 Å². The number of alkyl carbamates (subject to hydrolysis) is 1. The van der Waals surface area contributed by atoms with Crippen LogP contribution < -0.4 is 5.32 Å².